The molecular formula is C30H46O6. The molecule has 0 saturated heterocycles. The fraction of sp³-hybridized carbons (Fsp3) is 0.867. The van der Waals surface area contributed by atoms with Crippen molar-refractivity contribution in [2.75, 3.05) is 0 Å². The van der Waals surface area contributed by atoms with E-state index in [4.69, 9.17) is 9.47 Å². The first kappa shape index (κ1) is 27.3. The van der Waals surface area contributed by atoms with Gasteiger partial charge in [0.05, 0.1) is 5.92 Å². The van der Waals surface area contributed by atoms with Crippen molar-refractivity contribution in [2.24, 2.45) is 51.2 Å². The standard InChI is InChI=1S/C30H46O6/c1-17(32)26-20(16-31)30(8)24(14-21(26)35-18(2)33)29(7)13-10-22-27(4,5)11-9-12-28(22,6)23(29)15-25(30)36-19(3)34/h16,20-26H,9-15H2,1-8H3/t20-,21+,22?,23?,24?,25-,26-,28-,29+,30+/m0/s1. The lowest BCUT2D eigenvalue weighted by Gasteiger charge is -2.71. The Balaban J connectivity index is 1.88. The summed E-state index contributed by atoms with van der Waals surface area (Å²) in [5.41, 5.74) is -0.478. The fourth-order valence-electron chi connectivity index (χ4n) is 10.5. The van der Waals surface area contributed by atoms with Gasteiger partial charge in [0, 0.05) is 25.2 Å². The Labute approximate surface area is 216 Å². The lowest BCUT2D eigenvalue weighted by atomic mass is 9.34. The lowest BCUT2D eigenvalue weighted by Crippen LogP contribution is -2.70. The molecule has 0 aromatic heterocycles. The van der Waals surface area contributed by atoms with Gasteiger partial charge in [-0.2, -0.15) is 0 Å². The molecule has 0 radical (unpaired) electrons. The van der Waals surface area contributed by atoms with Crippen LogP contribution in [0, 0.1) is 51.2 Å². The van der Waals surface area contributed by atoms with Crippen molar-refractivity contribution in [2.45, 2.75) is 113 Å². The summed E-state index contributed by atoms with van der Waals surface area (Å²) in [7, 11) is 0. The SMILES string of the molecule is CC(=O)O[C@H]1CC2[C@@]3(C)CCCC(C)(C)C3CC[C@@]2(C)C2C[C@@H](OC(C)=O)[C@@H](C(C)=O)[C@H](C=O)[C@]21C. The fourth-order valence-corrected chi connectivity index (χ4v) is 10.5. The van der Waals surface area contributed by atoms with Crippen molar-refractivity contribution < 1.29 is 28.7 Å². The van der Waals surface area contributed by atoms with Gasteiger partial charge in [-0.15, -0.1) is 0 Å². The van der Waals surface area contributed by atoms with Gasteiger partial charge in [0.2, 0.25) is 0 Å². The highest BCUT2D eigenvalue weighted by Gasteiger charge is 2.71. The lowest BCUT2D eigenvalue weighted by molar-refractivity contribution is -0.262. The molecule has 4 aliphatic rings. The number of esters is 2. The van der Waals surface area contributed by atoms with Crippen LogP contribution in [0.3, 0.4) is 0 Å². The van der Waals surface area contributed by atoms with E-state index in [1.807, 2.05) is 0 Å². The molecule has 4 aliphatic carbocycles. The molecule has 0 aromatic rings. The van der Waals surface area contributed by atoms with Crippen LogP contribution in [-0.4, -0.2) is 36.2 Å². The van der Waals surface area contributed by atoms with E-state index in [9.17, 15) is 19.2 Å². The van der Waals surface area contributed by atoms with E-state index in [0.29, 0.717) is 24.7 Å². The average Bonchev–Trinajstić information content (AvgIpc) is 2.73. The van der Waals surface area contributed by atoms with Crippen LogP contribution in [0.2, 0.25) is 0 Å². The molecule has 0 N–H and O–H groups in total. The topological polar surface area (TPSA) is 86.7 Å². The minimum absolute atomic E-state index is 0.0222. The number of carbonyl (C=O) groups is 4. The summed E-state index contributed by atoms with van der Waals surface area (Å²) in [5.74, 6) is -1.49. The van der Waals surface area contributed by atoms with Crippen LogP contribution in [0.15, 0.2) is 0 Å². The number of rotatable bonds is 4. The first-order valence-corrected chi connectivity index (χ1v) is 13.9. The van der Waals surface area contributed by atoms with Gasteiger partial charge in [0.15, 0.2) is 0 Å². The highest BCUT2D eigenvalue weighted by Crippen LogP contribution is 2.73. The molecule has 0 amide bonds. The van der Waals surface area contributed by atoms with E-state index in [1.165, 1.54) is 33.6 Å². The number of ketones is 1. The van der Waals surface area contributed by atoms with E-state index in [2.05, 4.69) is 34.6 Å². The van der Waals surface area contributed by atoms with Crippen LogP contribution < -0.4 is 0 Å². The third-order valence-corrected chi connectivity index (χ3v) is 11.7. The molecule has 4 saturated carbocycles. The minimum atomic E-state index is -0.730. The van der Waals surface area contributed by atoms with E-state index < -0.39 is 35.4 Å². The van der Waals surface area contributed by atoms with Crippen molar-refractivity contribution in [3.63, 3.8) is 0 Å². The maximum Gasteiger partial charge on any atom is 0.302 e. The maximum atomic E-state index is 12.9. The summed E-state index contributed by atoms with van der Waals surface area (Å²) in [6.45, 7) is 16.0. The largest absolute Gasteiger partial charge is 0.462 e. The van der Waals surface area contributed by atoms with Gasteiger partial charge in [-0.3, -0.25) is 14.4 Å². The van der Waals surface area contributed by atoms with Crippen LogP contribution in [0.1, 0.15) is 100 Å². The molecule has 4 rings (SSSR count). The molecular weight excluding hydrogens is 456 g/mol. The van der Waals surface area contributed by atoms with Gasteiger partial charge in [0.25, 0.3) is 0 Å². The van der Waals surface area contributed by atoms with Crippen LogP contribution in [0.5, 0.6) is 0 Å². The summed E-state index contributed by atoms with van der Waals surface area (Å²) in [6, 6.07) is 0. The van der Waals surface area contributed by atoms with Crippen molar-refractivity contribution in [1.29, 1.82) is 0 Å². The summed E-state index contributed by atoms with van der Waals surface area (Å²) in [5, 5.41) is 0. The van der Waals surface area contributed by atoms with Gasteiger partial charge in [-0.05, 0) is 79.4 Å². The molecule has 4 fully saturated rings. The van der Waals surface area contributed by atoms with E-state index in [-0.39, 0.29) is 33.9 Å². The summed E-state index contributed by atoms with van der Waals surface area (Å²) < 4.78 is 11.9. The molecule has 3 unspecified atom stereocenters. The summed E-state index contributed by atoms with van der Waals surface area (Å²) in [4.78, 5) is 50.2. The molecule has 0 spiro atoms. The minimum Gasteiger partial charge on any atom is -0.462 e. The predicted molar refractivity (Wildman–Crippen MR) is 136 cm³/mol. The van der Waals surface area contributed by atoms with Crippen LogP contribution in [-0.2, 0) is 28.7 Å². The molecule has 10 atom stereocenters. The summed E-state index contributed by atoms with van der Waals surface area (Å²) in [6.07, 6.45) is 6.71. The zero-order valence-corrected chi connectivity index (χ0v) is 23.5. The Hall–Kier alpha value is -1.72. The molecule has 0 aromatic carbocycles. The number of fused-ring (bicyclic) bond motifs is 5. The Morgan fingerprint density at radius 1 is 0.778 bits per heavy atom. The number of Topliss-reactive ketones (excluding diaryl/α,β-unsaturated/α-hetero) is 1. The highest BCUT2D eigenvalue weighted by molar-refractivity contribution is 5.83. The van der Waals surface area contributed by atoms with Gasteiger partial charge >= 0.3 is 11.9 Å². The molecule has 6 heteroatoms. The second kappa shape index (κ2) is 8.94. The molecule has 0 bridgehead atoms. The third-order valence-electron chi connectivity index (χ3n) is 11.7. The smallest absolute Gasteiger partial charge is 0.302 e. The second-order valence-electron chi connectivity index (χ2n) is 13.9. The Morgan fingerprint density at radius 3 is 1.94 bits per heavy atom. The van der Waals surface area contributed by atoms with Crippen LogP contribution in [0.4, 0.5) is 0 Å². The average molecular weight is 503 g/mol. The molecule has 202 valence electrons. The number of ether oxygens (including phenoxy) is 2. The van der Waals surface area contributed by atoms with Crippen molar-refractivity contribution in [3.05, 3.63) is 0 Å². The normalized spacial score (nSPS) is 47.4. The number of carbonyl (C=O) groups excluding carboxylic acids is 4. The molecule has 6 nitrogen and oxygen atoms in total. The number of aldehydes is 1. The molecule has 0 heterocycles. The van der Waals surface area contributed by atoms with E-state index in [1.54, 1.807) is 0 Å². The monoisotopic (exact) mass is 502 g/mol. The Bertz CT molecular complexity index is 940. The number of hydrogen-bond donors (Lipinski definition) is 0. The predicted octanol–water partition coefficient (Wildman–Crippen LogP) is 5.55. The van der Waals surface area contributed by atoms with E-state index in [0.717, 1.165) is 25.5 Å². The van der Waals surface area contributed by atoms with Crippen LogP contribution >= 0.6 is 0 Å². The zero-order chi connectivity index (χ0) is 26.8. The third kappa shape index (κ3) is 3.88. The Morgan fingerprint density at radius 2 is 1.39 bits per heavy atom. The first-order valence-electron chi connectivity index (χ1n) is 13.9. The van der Waals surface area contributed by atoms with Gasteiger partial charge in [-0.1, -0.05) is 41.0 Å². The van der Waals surface area contributed by atoms with E-state index >= 15 is 0 Å². The highest BCUT2D eigenvalue weighted by atomic mass is 16.5. The van der Waals surface area contributed by atoms with Crippen molar-refractivity contribution in [1.82, 2.24) is 0 Å². The van der Waals surface area contributed by atoms with Gasteiger partial charge in [-0.25, -0.2) is 0 Å². The van der Waals surface area contributed by atoms with Crippen molar-refractivity contribution >= 4 is 24.0 Å². The Kier molecular flexibility index (Phi) is 6.78. The van der Waals surface area contributed by atoms with Crippen molar-refractivity contribution in [3.8, 4) is 0 Å². The summed E-state index contributed by atoms with van der Waals surface area (Å²) >= 11 is 0. The quantitative estimate of drug-likeness (QED) is 0.370. The first-order chi connectivity index (χ1) is 16.6. The van der Waals surface area contributed by atoms with Crippen LogP contribution in [0.25, 0.3) is 0 Å². The van der Waals surface area contributed by atoms with Gasteiger partial charge in [0.1, 0.15) is 24.3 Å². The molecule has 0 aliphatic heterocycles. The number of hydrogen-bond acceptors (Lipinski definition) is 6. The van der Waals surface area contributed by atoms with Gasteiger partial charge < -0.3 is 14.3 Å². The second-order valence-corrected chi connectivity index (χ2v) is 13.9. The maximum absolute atomic E-state index is 12.9. The zero-order valence-electron chi connectivity index (χ0n) is 23.5. The molecule has 36 heavy (non-hydrogen) atoms.